The summed E-state index contributed by atoms with van der Waals surface area (Å²) in [6, 6.07) is 19.7. The molecule has 168 valence electrons. The number of thiophene rings is 1. The van der Waals surface area contributed by atoms with Crippen LogP contribution in [0.5, 0.6) is 0 Å². The second kappa shape index (κ2) is 9.19. The topological polar surface area (TPSA) is 67.2 Å². The Hall–Kier alpha value is -3.45. The van der Waals surface area contributed by atoms with E-state index in [-0.39, 0.29) is 17.4 Å². The number of carbonyl (C=O) groups is 1. The van der Waals surface area contributed by atoms with E-state index in [2.05, 4.69) is 10.2 Å². The van der Waals surface area contributed by atoms with Crippen LogP contribution in [0.2, 0.25) is 0 Å². The molecule has 0 aliphatic carbocycles. The number of anilines is 1. The van der Waals surface area contributed by atoms with Crippen molar-refractivity contribution in [2.75, 3.05) is 18.0 Å². The van der Waals surface area contributed by atoms with Gasteiger partial charge in [0.2, 0.25) is 11.9 Å². The van der Waals surface area contributed by atoms with Gasteiger partial charge in [-0.25, -0.2) is 9.55 Å². The Labute approximate surface area is 196 Å². The van der Waals surface area contributed by atoms with E-state index in [9.17, 15) is 9.59 Å². The number of piperidine rings is 1. The minimum atomic E-state index is -0.150. The van der Waals surface area contributed by atoms with Crippen LogP contribution >= 0.6 is 11.3 Å². The summed E-state index contributed by atoms with van der Waals surface area (Å²) >= 11 is 1.41. The normalized spacial score (nSPS) is 16.2. The third kappa shape index (κ3) is 4.41. The standard InChI is InChI=1S/C26H26N4O2S/c1-18-7-5-11-21(15-18)30-25(32)23-22(12-14-33-23)28-26(30)29-13-6-10-20(17-29)24(31)27-16-19-8-3-2-4-9-19/h2-5,7-9,11-12,14-15,20H,6,10,13,16-17H2,1H3,(H,27,31)/t20-/m1/s1. The first-order valence-electron chi connectivity index (χ1n) is 11.2. The second-order valence-electron chi connectivity index (χ2n) is 8.51. The molecular weight excluding hydrogens is 432 g/mol. The average Bonchev–Trinajstić information content (AvgIpc) is 3.32. The zero-order valence-corrected chi connectivity index (χ0v) is 19.3. The number of nitrogens with one attached hydrogen (secondary N) is 1. The van der Waals surface area contributed by atoms with E-state index >= 15 is 0 Å². The Morgan fingerprint density at radius 1 is 1.15 bits per heavy atom. The maximum absolute atomic E-state index is 13.5. The van der Waals surface area contributed by atoms with E-state index in [0.29, 0.717) is 29.3 Å². The number of hydrogen-bond donors (Lipinski definition) is 1. The predicted molar refractivity (Wildman–Crippen MR) is 133 cm³/mol. The van der Waals surface area contributed by atoms with Gasteiger partial charge in [0, 0.05) is 19.6 Å². The molecule has 2 aromatic carbocycles. The lowest BCUT2D eigenvalue weighted by atomic mass is 9.97. The number of amides is 1. The van der Waals surface area contributed by atoms with Crippen molar-refractivity contribution in [3.63, 3.8) is 0 Å². The van der Waals surface area contributed by atoms with Crippen LogP contribution in [0, 0.1) is 12.8 Å². The maximum atomic E-state index is 13.5. The summed E-state index contributed by atoms with van der Waals surface area (Å²) in [5.41, 5.74) is 3.60. The molecule has 5 rings (SSSR count). The third-order valence-electron chi connectivity index (χ3n) is 6.11. The van der Waals surface area contributed by atoms with Crippen LogP contribution in [-0.4, -0.2) is 28.5 Å². The molecule has 6 nitrogen and oxygen atoms in total. The molecule has 1 N–H and O–H groups in total. The summed E-state index contributed by atoms with van der Waals surface area (Å²) in [6.07, 6.45) is 1.70. The van der Waals surface area contributed by atoms with Crippen LogP contribution < -0.4 is 15.8 Å². The van der Waals surface area contributed by atoms with E-state index in [1.807, 2.05) is 73.0 Å². The van der Waals surface area contributed by atoms with Crippen LogP contribution in [0.15, 0.2) is 70.8 Å². The molecule has 0 spiro atoms. The second-order valence-corrected chi connectivity index (χ2v) is 9.43. The van der Waals surface area contributed by atoms with Gasteiger partial charge in [-0.2, -0.15) is 0 Å². The van der Waals surface area contributed by atoms with Crippen LogP contribution in [0.4, 0.5) is 5.95 Å². The van der Waals surface area contributed by atoms with E-state index in [4.69, 9.17) is 4.98 Å². The number of aryl methyl sites for hydroxylation is 1. The van der Waals surface area contributed by atoms with E-state index in [0.717, 1.165) is 36.2 Å². The van der Waals surface area contributed by atoms with E-state index in [1.54, 1.807) is 4.57 Å². The van der Waals surface area contributed by atoms with Crippen molar-refractivity contribution in [1.82, 2.24) is 14.9 Å². The van der Waals surface area contributed by atoms with Gasteiger partial charge in [-0.3, -0.25) is 9.59 Å². The number of hydrogen-bond acceptors (Lipinski definition) is 5. The molecule has 0 saturated carbocycles. The van der Waals surface area contributed by atoms with E-state index < -0.39 is 0 Å². The molecule has 0 radical (unpaired) electrons. The highest BCUT2D eigenvalue weighted by molar-refractivity contribution is 7.17. The fraction of sp³-hybridized carbons (Fsp3) is 0.269. The first-order chi connectivity index (χ1) is 16.1. The van der Waals surface area contributed by atoms with Crippen LogP contribution in [-0.2, 0) is 11.3 Å². The quantitative estimate of drug-likeness (QED) is 0.485. The fourth-order valence-corrected chi connectivity index (χ4v) is 5.17. The lowest BCUT2D eigenvalue weighted by Crippen LogP contribution is -2.45. The van der Waals surface area contributed by atoms with Gasteiger partial charge in [0.15, 0.2) is 0 Å². The minimum absolute atomic E-state index is 0.0459. The fourth-order valence-electron chi connectivity index (χ4n) is 4.41. The summed E-state index contributed by atoms with van der Waals surface area (Å²) in [7, 11) is 0. The third-order valence-corrected chi connectivity index (χ3v) is 7.00. The van der Waals surface area contributed by atoms with Gasteiger partial charge in [-0.1, -0.05) is 42.5 Å². The molecule has 1 saturated heterocycles. The summed E-state index contributed by atoms with van der Waals surface area (Å²) in [5, 5.41) is 4.98. The Balaban J connectivity index is 1.45. The number of fused-ring (bicyclic) bond motifs is 1. The van der Waals surface area contributed by atoms with Crippen molar-refractivity contribution in [1.29, 1.82) is 0 Å². The van der Waals surface area contributed by atoms with Crippen molar-refractivity contribution >= 4 is 33.4 Å². The van der Waals surface area contributed by atoms with Gasteiger partial charge in [0.25, 0.3) is 5.56 Å². The Kier molecular flexibility index (Phi) is 5.96. The number of carbonyl (C=O) groups excluding carboxylic acids is 1. The van der Waals surface area contributed by atoms with Gasteiger partial charge in [0.05, 0.1) is 17.1 Å². The van der Waals surface area contributed by atoms with Crippen LogP contribution in [0.3, 0.4) is 0 Å². The summed E-state index contributed by atoms with van der Waals surface area (Å²) in [5.74, 6) is 0.505. The van der Waals surface area contributed by atoms with Crippen molar-refractivity contribution < 1.29 is 4.79 Å². The summed E-state index contributed by atoms with van der Waals surface area (Å²) < 4.78 is 2.35. The lowest BCUT2D eigenvalue weighted by Gasteiger charge is -2.34. The molecule has 33 heavy (non-hydrogen) atoms. The lowest BCUT2D eigenvalue weighted by molar-refractivity contribution is -0.125. The largest absolute Gasteiger partial charge is 0.352 e. The smallest absolute Gasteiger partial charge is 0.277 e. The molecule has 1 aliphatic heterocycles. The van der Waals surface area contributed by atoms with Crippen molar-refractivity contribution in [3.05, 3.63) is 87.5 Å². The maximum Gasteiger partial charge on any atom is 0.277 e. The molecular formula is C26H26N4O2S. The summed E-state index contributed by atoms with van der Waals surface area (Å²) in [6.45, 7) is 3.83. The van der Waals surface area contributed by atoms with Gasteiger partial charge >= 0.3 is 0 Å². The monoisotopic (exact) mass is 458 g/mol. The minimum Gasteiger partial charge on any atom is -0.352 e. The number of aromatic nitrogens is 2. The van der Waals surface area contributed by atoms with Crippen LogP contribution in [0.1, 0.15) is 24.0 Å². The highest BCUT2D eigenvalue weighted by Crippen LogP contribution is 2.27. The van der Waals surface area contributed by atoms with Gasteiger partial charge in [-0.15, -0.1) is 11.3 Å². The molecule has 1 aliphatic rings. The number of benzene rings is 2. The Bertz CT molecular complexity index is 1350. The van der Waals surface area contributed by atoms with Crippen molar-refractivity contribution in [2.45, 2.75) is 26.3 Å². The Morgan fingerprint density at radius 2 is 2.00 bits per heavy atom. The van der Waals surface area contributed by atoms with E-state index in [1.165, 1.54) is 11.3 Å². The molecule has 4 aromatic rings. The van der Waals surface area contributed by atoms with Crippen molar-refractivity contribution in [2.24, 2.45) is 5.92 Å². The SMILES string of the molecule is Cc1cccc(-n2c(N3CCC[C@@H](C(=O)NCc4ccccc4)C3)nc3ccsc3c2=O)c1. The predicted octanol–water partition coefficient (Wildman–Crippen LogP) is 4.29. The van der Waals surface area contributed by atoms with Crippen molar-refractivity contribution in [3.8, 4) is 5.69 Å². The average molecular weight is 459 g/mol. The molecule has 1 fully saturated rings. The van der Waals surface area contributed by atoms with Gasteiger partial charge in [0.1, 0.15) is 4.70 Å². The van der Waals surface area contributed by atoms with Gasteiger partial charge < -0.3 is 10.2 Å². The molecule has 1 amide bonds. The molecule has 1 atom stereocenters. The first-order valence-corrected chi connectivity index (χ1v) is 12.1. The van der Waals surface area contributed by atoms with Crippen LogP contribution in [0.25, 0.3) is 15.9 Å². The zero-order valence-electron chi connectivity index (χ0n) is 18.5. The molecule has 0 unspecified atom stereocenters. The molecule has 0 bridgehead atoms. The zero-order chi connectivity index (χ0) is 22.8. The Morgan fingerprint density at radius 3 is 2.82 bits per heavy atom. The highest BCUT2D eigenvalue weighted by atomic mass is 32.1. The molecule has 2 aromatic heterocycles. The molecule has 7 heteroatoms. The number of nitrogens with zero attached hydrogens (tertiary/aromatic N) is 3. The van der Waals surface area contributed by atoms with Gasteiger partial charge in [-0.05, 0) is 54.5 Å². The number of rotatable bonds is 5. The molecule has 3 heterocycles. The summed E-state index contributed by atoms with van der Waals surface area (Å²) in [4.78, 5) is 33.4. The first kappa shape index (κ1) is 21.4. The highest BCUT2D eigenvalue weighted by Gasteiger charge is 2.29.